The number of benzene rings is 1. The van der Waals surface area contributed by atoms with Gasteiger partial charge < -0.3 is 5.11 Å². The summed E-state index contributed by atoms with van der Waals surface area (Å²) in [6.45, 7) is 1.76. The summed E-state index contributed by atoms with van der Waals surface area (Å²) in [6, 6.07) is 7.59. The zero-order valence-electron chi connectivity index (χ0n) is 6.16. The Balaban J connectivity index is 0.000001000. The van der Waals surface area contributed by atoms with E-state index in [4.69, 9.17) is 5.11 Å². The van der Waals surface area contributed by atoms with Gasteiger partial charge in [-0.3, -0.25) is 4.79 Å². The molecule has 0 aliphatic carbocycles. The molecule has 1 radical (unpaired) electrons. The van der Waals surface area contributed by atoms with Crippen molar-refractivity contribution in [3.63, 3.8) is 0 Å². The van der Waals surface area contributed by atoms with Crippen molar-refractivity contribution < 1.29 is 42.6 Å². The maximum absolute atomic E-state index is 10.4. The number of hydrogen-bond donors (Lipinski definition) is 1. The molecule has 1 rings (SSSR count). The van der Waals surface area contributed by atoms with Gasteiger partial charge in [0.25, 0.3) is 5.97 Å². The SMILES string of the molecule is Cc1cc[c-]cc1C(=O)O.[Y]. The minimum Gasteiger partial charge on any atom is -0.487 e. The molecule has 2 nitrogen and oxygen atoms in total. The van der Waals surface area contributed by atoms with Gasteiger partial charge in [-0.2, -0.15) is 24.3 Å². The van der Waals surface area contributed by atoms with E-state index in [1.165, 1.54) is 6.07 Å². The Labute approximate surface area is 90.5 Å². The first-order valence-corrected chi connectivity index (χ1v) is 2.92. The Morgan fingerprint density at radius 2 is 2.27 bits per heavy atom. The third kappa shape index (κ3) is 2.72. The zero-order valence-corrected chi connectivity index (χ0v) is 9.00. The van der Waals surface area contributed by atoms with Crippen LogP contribution in [0.4, 0.5) is 0 Å². The second-order valence-electron chi connectivity index (χ2n) is 2.05. The maximum Gasteiger partial charge on any atom is 0.278 e. The molecule has 11 heavy (non-hydrogen) atoms. The molecule has 0 saturated heterocycles. The molecule has 3 heteroatoms. The van der Waals surface area contributed by atoms with Crippen molar-refractivity contribution >= 4 is 5.97 Å². The predicted octanol–water partition coefficient (Wildman–Crippen LogP) is 1.49. The van der Waals surface area contributed by atoms with E-state index >= 15 is 0 Å². The maximum atomic E-state index is 10.4. The monoisotopic (exact) mass is 224 g/mol. The van der Waals surface area contributed by atoms with Crippen LogP contribution in [0.1, 0.15) is 15.9 Å². The van der Waals surface area contributed by atoms with Crippen molar-refractivity contribution in [2.45, 2.75) is 6.92 Å². The Bertz CT molecular complexity index is 258. The van der Waals surface area contributed by atoms with Gasteiger partial charge in [0.2, 0.25) is 0 Å². The van der Waals surface area contributed by atoms with Crippen LogP contribution in [0.15, 0.2) is 18.2 Å². The molecule has 0 atom stereocenters. The van der Waals surface area contributed by atoms with Gasteiger partial charge in [-0.15, -0.1) is 5.56 Å². The molecule has 0 unspecified atom stereocenters. The summed E-state index contributed by atoms with van der Waals surface area (Å²) in [5, 5.41) is 8.55. The van der Waals surface area contributed by atoms with Crippen molar-refractivity contribution in [3.05, 3.63) is 35.4 Å². The largest absolute Gasteiger partial charge is 0.487 e. The van der Waals surface area contributed by atoms with Crippen molar-refractivity contribution in [1.82, 2.24) is 0 Å². The number of rotatable bonds is 1. The molecule has 0 saturated carbocycles. The molecular weight excluding hydrogens is 217 g/mol. The standard InChI is InChI=1S/C8H7O2.Y/c1-6-4-2-3-5-7(6)8(9)10;/h2,4-5H,1H3,(H,9,10);/q-1;. The van der Waals surface area contributed by atoms with Crippen LogP contribution in [0.2, 0.25) is 0 Å². The van der Waals surface area contributed by atoms with E-state index < -0.39 is 5.97 Å². The molecule has 0 spiro atoms. The van der Waals surface area contributed by atoms with Gasteiger partial charge in [0.15, 0.2) is 0 Å². The van der Waals surface area contributed by atoms with Crippen LogP contribution >= 0.6 is 0 Å². The van der Waals surface area contributed by atoms with E-state index in [0.717, 1.165) is 5.56 Å². The minimum atomic E-state index is -0.894. The smallest absolute Gasteiger partial charge is 0.278 e. The Morgan fingerprint density at radius 3 is 2.64 bits per heavy atom. The fraction of sp³-hybridized carbons (Fsp3) is 0.125. The topological polar surface area (TPSA) is 37.3 Å². The van der Waals surface area contributed by atoms with Crippen LogP contribution in [-0.4, -0.2) is 11.1 Å². The summed E-state index contributed by atoms with van der Waals surface area (Å²) in [4.78, 5) is 10.4. The summed E-state index contributed by atoms with van der Waals surface area (Å²) in [7, 11) is 0. The average Bonchev–Trinajstić information content (AvgIpc) is 1.88. The van der Waals surface area contributed by atoms with Gasteiger partial charge in [-0.05, 0) is 5.56 Å². The van der Waals surface area contributed by atoms with Crippen LogP contribution < -0.4 is 0 Å². The molecule has 1 aromatic rings. The zero-order chi connectivity index (χ0) is 7.56. The first kappa shape index (κ1) is 10.8. The second-order valence-corrected chi connectivity index (χ2v) is 2.05. The molecule has 0 aromatic heterocycles. The normalized spacial score (nSPS) is 8.45. The van der Waals surface area contributed by atoms with E-state index in [-0.39, 0.29) is 32.7 Å². The fourth-order valence-electron chi connectivity index (χ4n) is 0.739. The van der Waals surface area contributed by atoms with E-state index in [9.17, 15) is 4.79 Å². The summed E-state index contributed by atoms with van der Waals surface area (Å²) in [5.41, 5.74) is 1.09. The first-order valence-electron chi connectivity index (χ1n) is 2.92. The predicted molar refractivity (Wildman–Crippen MR) is 37.0 cm³/mol. The summed E-state index contributed by atoms with van der Waals surface area (Å²) in [6.07, 6.45) is 0. The number of carboxylic acids is 1. The molecule has 0 amide bonds. The number of aryl methyl sites for hydroxylation is 1. The Hall–Kier alpha value is -0.206. The number of aromatic carboxylic acids is 1. The van der Waals surface area contributed by atoms with Crippen LogP contribution in [-0.2, 0) is 32.7 Å². The molecule has 0 heterocycles. The van der Waals surface area contributed by atoms with Crippen molar-refractivity contribution in [2.75, 3.05) is 0 Å². The van der Waals surface area contributed by atoms with Crippen LogP contribution in [0.3, 0.4) is 0 Å². The van der Waals surface area contributed by atoms with Crippen LogP contribution in [0, 0.1) is 13.0 Å². The Morgan fingerprint density at radius 1 is 1.64 bits per heavy atom. The number of hydrogen-bond acceptors (Lipinski definition) is 1. The van der Waals surface area contributed by atoms with Gasteiger partial charge in [0.05, 0.1) is 0 Å². The van der Waals surface area contributed by atoms with Crippen LogP contribution in [0.25, 0.3) is 0 Å². The number of carboxylic acid groups (broad SMARTS) is 1. The van der Waals surface area contributed by atoms with Crippen LogP contribution in [0.5, 0.6) is 0 Å². The van der Waals surface area contributed by atoms with Crippen molar-refractivity contribution in [1.29, 1.82) is 0 Å². The Kier molecular flexibility index (Phi) is 4.54. The van der Waals surface area contributed by atoms with Gasteiger partial charge in [-0.25, -0.2) is 0 Å². The van der Waals surface area contributed by atoms with E-state index in [1.54, 1.807) is 19.1 Å². The van der Waals surface area contributed by atoms with Gasteiger partial charge in [0, 0.05) is 32.7 Å². The van der Waals surface area contributed by atoms with Gasteiger partial charge in [0.1, 0.15) is 0 Å². The molecular formula is C8H7O2Y-. The molecule has 1 aromatic carbocycles. The molecule has 55 valence electrons. The summed E-state index contributed by atoms with van der Waals surface area (Å²) in [5.74, 6) is -0.894. The molecule has 0 aliphatic rings. The van der Waals surface area contributed by atoms with E-state index in [2.05, 4.69) is 6.07 Å². The third-order valence-electron chi connectivity index (χ3n) is 1.31. The summed E-state index contributed by atoms with van der Waals surface area (Å²) < 4.78 is 0. The first-order chi connectivity index (χ1) is 4.72. The molecule has 0 bridgehead atoms. The van der Waals surface area contributed by atoms with Gasteiger partial charge in [-0.1, -0.05) is 6.92 Å². The molecule has 1 N–H and O–H groups in total. The van der Waals surface area contributed by atoms with Crippen molar-refractivity contribution in [2.24, 2.45) is 0 Å². The van der Waals surface area contributed by atoms with E-state index in [1.807, 2.05) is 0 Å². The average molecular weight is 224 g/mol. The van der Waals surface area contributed by atoms with Crippen molar-refractivity contribution in [3.8, 4) is 0 Å². The summed E-state index contributed by atoms with van der Waals surface area (Å²) >= 11 is 0. The minimum absolute atomic E-state index is 0. The third-order valence-corrected chi connectivity index (χ3v) is 1.31. The molecule has 0 fully saturated rings. The number of carbonyl (C=O) groups is 1. The fourth-order valence-corrected chi connectivity index (χ4v) is 0.739. The molecule has 0 aliphatic heterocycles. The van der Waals surface area contributed by atoms with E-state index in [0.29, 0.717) is 5.56 Å². The quantitative estimate of drug-likeness (QED) is 0.733. The van der Waals surface area contributed by atoms with Gasteiger partial charge >= 0.3 is 0 Å². The second kappa shape index (κ2) is 4.63.